The maximum atomic E-state index is 13.0. The normalized spacial score (nSPS) is 18.0. The molecule has 2 aromatic rings. The zero-order chi connectivity index (χ0) is 16.4. The average molecular weight is 312 g/mol. The Labute approximate surface area is 136 Å². The molecular weight excluding hydrogens is 291 g/mol. The van der Waals surface area contributed by atoms with Gasteiger partial charge < -0.3 is 4.90 Å². The first-order valence-electron chi connectivity index (χ1n) is 8.07. The SMILES string of the molecule is Cc1nc(-c2ccc(F)cc2)ccc1C(=O)N1CCC[C@@H](C)C1. The number of likely N-dealkylation sites (tertiary alicyclic amines) is 1. The van der Waals surface area contributed by atoms with E-state index in [1.54, 1.807) is 12.1 Å². The molecule has 1 saturated heterocycles. The zero-order valence-corrected chi connectivity index (χ0v) is 13.6. The third kappa shape index (κ3) is 3.41. The number of carbonyl (C=O) groups excluding carboxylic acids is 1. The smallest absolute Gasteiger partial charge is 0.255 e. The number of piperidine rings is 1. The Bertz CT molecular complexity index is 712. The van der Waals surface area contributed by atoms with Gasteiger partial charge in [-0.15, -0.1) is 0 Å². The van der Waals surface area contributed by atoms with E-state index in [1.165, 1.54) is 18.6 Å². The summed E-state index contributed by atoms with van der Waals surface area (Å²) in [4.78, 5) is 19.2. The van der Waals surface area contributed by atoms with Crippen LogP contribution in [0.15, 0.2) is 36.4 Å². The summed E-state index contributed by atoms with van der Waals surface area (Å²) in [5, 5.41) is 0. The first-order valence-corrected chi connectivity index (χ1v) is 8.07. The lowest BCUT2D eigenvalue weighted by Gasteiger charge is -2.31. The fourth-order valence-electron chi connectivity index (χ4n) is 3.11. The Morgan fingerprint density at radius 2 is 1.96 bits per heavy atom. The van der Waals surface area contributed by atoms with Gasteiger partial charge in [0.15, 0.2) is 0 Å². The highest BCUT2D eigenvalue weighted by Gasteiger charge is 2.23. The molecule has 4 heteroatoms. The van der Waals surface area contributed by atoms with Gasteiger partial charge in [0.2, 0.25) is 0 Å². The van der Waals surface area contributed by atoms with E-state index in [1.807, 2.05) is 24.0 Å². The van der Waals surface area contributed by atoms with Crippen LogP contribution in [0.1, 0.15) is 35.8 Å². The van der Waals surface area contributed by atoms with Gasteiger partial charge >= 0.3 is 0 Å². The fraction of sp³-hybridized carbons (Fsp3) is 0.368. The van der Waals surface area contributed by atoms with E-state index < -0.39 is 0 Å². The lowest BCUT2D eigenvalue weighted by Crippen LogP contribution is -2.39. The topological polar surface area (TPSA) is 33.2 Å². The molecule has 0 aliphatic carbocycles. The van der Waals surface area contributed by atoms with Crippen LogP contribution in [0.25, 0.3) is 11.3 Å². The number of aryl methyl sites for hydroxylation is 1. The number of hydrogen-bond donors (Lipinski definition) is 0. The monoisotopic (exact) mass is 312 g/mol. The lowest BCUT2D eigenvalue weighted by atomic mass is 9.99. The maximum Gasteiger partial charge on any atom is 0.255 e. The molecule has 0 unspecified atom stereocenters. The molecule has 0 radical (unpaired) electrons. The van der Waals surface area contributed by atoms with Crippen LogP contribution in [0, 0.1) is 18.7 Å². The third-order valence-electron chi connectivity index (χ3n) is 4.40. The van der Waals surface area contributed by atoms with Crippen molar-refractivity contribution in [2.24, 2.45) is 5.92 Å². The van der Waals surface area contributed by atoms with Crippen LogP contribution < -0.4 is 0 Å². The van der Waals surface area contributed by atoms with E-state index in [4.69, 9.17) is 0 Å². The minimum absolute atomic E-state index is 0.0622. The van der Waals surface area contributed by atoms with Crippen molar-refractivity contribution in [2.75, 3.05) is 13.1 Å². The van der Waals surface area contributed by atoms with Gasteiger partial charge in [0.1, 0.15) is 5.82 Å². The van der Waals surface area contributed by atoms with Gasteiger partial charge in [-0.2, -0.15) is 0 Å². The van der Waals surface area contributed by atoms with E-state index in [9.17, 15) is 9.18 Å². The standard InChI is InChI=1S/C19H21FN2O/c1-13-4-3-11-22(12-13)19(23)17-9-10-18(21-14(17)2)15-5-7-16(20)8-6-15/h5-10,13H,3-4,11-12H2,1-2H3/t13-/m1/s1. The highest BCUT2D eigenvalue weighted by molar-refractivity contribution is 5.95. The van der Waals surface area contributed by atoms with Crippen LogP contribution in [-0.4, -0.2) is 28.9 Å². The van der Waals surface area contributed by atoms with Crippen molar-refractivity contribution in [3.8, 4) is 11.3 Å². The molecule has 120 valence electrons. The largest absolute Gasteiger partial charge is 0.338 e. The summed E-state index contributed by atoms with van der Waals surface area (Å²) in [6.45, 7) is 5.68. The van der Waals surface area contributed by atoms with Crippen molar-refractivity contribution in [2.45, 2.75) is 26.7 Å². The second kappa shape index (κ2) is 6.49. The molecule has 0 spiro atoms. The van der Waals surface area contributed by atoms with Crippen LogP contribution >= 0.6 is 0 Å². The van der Waals surface area contributed by atoms with Crippen molar-refractivity contribution in [3.63, 3.8) is 0 Å². The molecule has 1 aliphatic heterocycles. The summed E-state index contributed by atoms with van der Waals surface area (Å²) in [7, 11) is 0. The molecule has 1 aromatic heterocycles. The molecule has 1 atom stereocenters. The fourth-order valence-corrected chi connectivity index (χ4v) is 3.11. The van der Waals surface area contributed by atoms with Crippen molar-refractivity contribution < 1.29 is 9.18 Å². The van der Waals surface area contributed by atoms with Gasteiger partial charge in [-0.05, 0) is 62.1 Å². The lowest BCUT2D eigenvalue weighted by molar-refractivity contribution is 0.0682. The molecular formula is C19H21FN2O. The molecule has 23 heavy (non-hydrogen) atoms. The Kier molecular flexibility index (Phi) is 4.42. The minimum Gasteiger partial charge on any atom is -0.338 e. The molecule has 1 aliphatic rings. The number of benzene rings is 1. The number of pyridine rings is 1. The Morgan fingerprint density at radius 3 is 2.61 bits per heavy atom. The molecule has 3 rings (SSSR count). The maximum absolute atomic E-state index is 13.0. The van der Waals surface area contributed by atoms with Gasteiger partial charge in [0.05, 0.1) is 17.0 Å². The van der Waals surface area contributed by atoms with Crippen molar-refractivity contribution >= 4 is 5.91 Å². The molecule has 0 saturated carbocycles. The molecule has 2 heterocycles. The van der Waals surface area contributed by atoms with Gasteiger partial charge in [0.25, 0.3) is 5.91 Å². The van der Waals surface area contributed by atoms with Crippen LogP contribution in [0.2, 0.25) is 0 Å². The van der Waals surface area contributed by atoms with E-state index in [2.05, 4.69) is 11.9 Å². The number of carbonyl (C=O) groups is 1. The summed E-state index contributed by atoms with van der Waals surface area (Å²) >= 11 is 0. The second-order valence-electron chi connectivity index (χ2n) is 6.33. The van der Waals surface area contributed by atoms with Gasteiger partial charge in [0, 0.05) is 18.7 Å². The van der Waals surface area contributed by atoms with Crippen molar-refractivity contribution in [1.82, 2.24) is 9.88 Å². The van der Waals surface area contributed by atoms with E-state index in [-0.39, 0.29) is 11.7 Å². The summed E-state index contributed by atoms with van der Waals surface area (Å²) in [5.74, 6) is 0.350. The van der Waals surface area contributed by atoms with Crippen LogP contribution in [0.5, 0.6) is 0 Å². The number of nitrogens with zero attached hydrogens (tertiary/aromatic N) is 2. The first-order chi connectivity index (χ1) is 11.0. The molecule has 1 aromatic carbocycles. The van der Waals surface area contributed by atoms with E-state index in [0.717, 1.165) is 36.5 Å². The minimum atomic E-state index is -0.267. The van der Waals surface area contributed by atoms with Gasteiger partial charge in [-0.1, -0.05) is 6.92 Å². The van der Waals surface area contributed by atoms with Crippen LogP contribution in [0.3, 0.4) is 0 Å². The number of halogens is 1. The summed E-state index contributed by atoms with van der Waals surface area (Å²) in [6.07, 6.45) is 2.25. The van der Waals surface area contributed by atoms with Crippen molar-refractivity contribution in [1.29, 1.82) is 0 Å². The molecule has 3 nitrogen and oxygen atoms in total. The van der Waals surface area contributed by atoms with Crippen LogP contribution in [0.4, 0.5) is 4.39 Å². The predicted octanol–water partition coefficient (Wildman–Crippen LogP) is 4.07. The zero-order valence-electron chi connectivity index (χ0n) is 13.6. The van der Waals surface area contributed by atoms with Crippen molar-refractivity contribution in [3.05, 3.63) is 53.5 Å². The Balaban J connectivity index is 1.84. The number of amides is 1. The molecule has 1 fully saturated rings. The second-order valence-corrected chi connectivity index (χ2v) is 6.33. The highest BCUT2D eigenvalue weighted by atomic mass is 19.1. The number of hydrogen-bond acceptors (Lipinski definition) is 2. The number of rotatable bonds is 2. The van der Waals surface area contributed by atoms with E-state index in [0.29, 0.717) is 11.5 Å². The summed E-state index contributed by atoms with van der Waals surface area (Å²) < 4.78 is 13.0. The predicted molar refractivity (Wildman–Crippen MR) is 88.7 cm³/mol. The Hall–Kier alpha value is -2.23. The average Bonchev–Trinajstić information content (AvgIpc) is 2.55. The van der Waals surface area contributed by atoms with Crippen LogP contribution in [-0.2, 0) is 0 Å². The number of aromatic nitrogens is 1. The first kappa shape index (κ1) is 15.7. The van der Waals surface area contributed by atoms with Gasteiger partial charge in [-0.3, -0.25) is 9.78 Å². The molecule has 0 N–H and O–H groups in total. The van der Waals surface area contributed by atoms with E-state index >= 15 is 0 Å². The third-order valence-corrected chi connectivity index (χ3v) is 4.40. The molecule has 0 bridgehead atoms. The quantitative estimate of drug-likeness (QED) is 0.837. The summed E-state index contributed by atoms with van der Waals surface area (Å²) in [6, 6.07) is 9.90. The highest BCUT2D eigenvalue weighted by Crippen LogP contribution is 2.22. The Morgan fingerprint density at radius 1 is 1.22 bits per heavy atom. The molecule has 1 amide bonds. The summed E-state index contributed by atoms with van der Waals surface area (Å²) in [5.41, 5.74) is 2.98. The van der Waals surface area contributed by atoms with Gasteiger partial charge in [-0.25, -0.2) is 4.39 Å².